The molecule has 40 valence electrons. The molecule has 0 aromatic rings. The molecule has 1 rings (SSSR count). The van der Waals surface area contributed by atoms with Crippen LogP contribution in [0.5, 0.6) is 0 Å². The molecule has 0 fully saturated rings. The summed E-state index contributed by atoms with van der Waals surface area (Å²) in [6.45, 7) is 0. The van der Waals surface area contributed by atoms with Gasteiger partial charge in [0.15, 0.2) is 0 Å². The van der Waals surface area contributed by atoms with Gasteiger partial charge in [-0.25, -0.2) is 0 Å². The number of thiocarbonyl (C=S) groups is 1. The Bertz CT molecular complexity index is 151. The van der Waals surface area contributed by atoms with Gasteiger partial charge in [0.05, 0.1) is 5.71 Å². The van der Waals surface area contributed by atoms with Gasteiger partial charge in [-0.15, -0.1) is 0 Å². The summed E-state index contributed by atoms with van der Waals surface area (Å²) in [6, 6.07) is 0. The fourth-order valence-corrected chi connectivity index (χ4v) is 0.591. The predicted octanol–water partition coefficient (Wildman–Crippen LogP) is 1.50. The molecule has 1 aliphatic carbocycles. The fraction of sp³-hybridized carbons (Fsp3) is 0. The van der Waals surface area contributed by atoms with Crippen LogP contribution in [0.1, 0.15) is 0 Å². The molecule has 0 saturated heterocycles. The zero-order valence-corrected chi connectivity index (χ0v) is 5.03. The lowest BCUT2D eigenvalue weighted by Crippen LogP contribution is -1.94. The molecule has 0 radical (unpaired) electrons. The molecule has 0 aromatic carbocycles. The Labute approximate surface area is 53.2 Å². The van der Waals surface area contributed by atoms with Crippen LogP contribution in [0.15, 0.2) is 24.3 Å². The lowest BCUT2D eigenvalue weighted by Gasteiger charge is -1.93. The summed E-state index contributed by atoms with van der Waals surface area (Å²) in [5.41, 5.74) is 0.513. The molecule has 0 heterocycles. The topological polar surface area (TPSA) is 23.9 Å². The standard InChI is InChI=1S/C6H5NS/c7-5-1-3-6(8)4-2-5/h1-4,7H. The average Bonchev–Trinajstić information content (AvgIpc) is 1.77. The van der Waals surface area contributed by atoms with Crippen LogP contribution >= 0.6 is 12.2 Å². The predicted molar refractivity (Wildman–Crippen MR) is 38.6 cm³/mol. The monoisotopic (exact) mass is 123 g/mol. The van der Waals surface area contributed by atoms with Crippen molar-refractivity contribution in [3.05, 3.63) is 24.3 Å². The first kappa shape index (κ1) is 5.38. The highest BCUT2D eigenvalue weighted by atomic mass is 32.1. The van der Waals surface area contributed by atoms with Crippen LogP contribution in [0.3, 0.4) is 0 Å². The molecular formula is C6H5NS. The van der Waals surface area contributed by atoms with Crippen LogP contribution in [0, 0.1) is 5.41 Å². The van der Waals surface area contributed by atoms with Crippen LogP contribution < -0.4 is 0 Å². The summed E-state index contributed by atoms with van der Waals surface area (Å²) in [5.74, 6) is 0. The van der Waals surface area contributed by atoms with Crippen molar-refractivity contribution < 1.29 is 0 Å². The number of allylic oxidation sites excluding steroid dienone is 4. The van der Waals surface area contributed by atoms with E-state index in [1.165, 1.54) is 0 Å². The van der Waals surface area contributed by atoms with Gasteiger partial charge in [0.2, 0.25) is 0 Å². The van der Waals surface area contributed by atoms with Crippen molar-refractivity contribution in [3.8, 4) is 0 Å². The summed E-state index contributed by atoms with van der Waals surface area (Å²) in [5, 5.41) is 7.05. The molecule has 0 amide bonds. The highest BCUT2D eigenvalue weighted by molar-refractivity contribution is 7.81. The molecular weight excluding hydrogens is 118 g/mol. The maximum absolute atomic E-state index is 7.05. The fourth-order valence-electron chi connectivity index (χ4n) is 0.455. The van der Waals surface area contributed by atoms with E-state index < -0.39 is 0 Å². The smallest absolute Gasteiger partial charge is 0.0540 e. The number of rotatable bonds is 0. The molecule has 8 heavy (non-hydrogen) atoms. The summed E-state index contributed by atoms with van der Waals surface area (Å²) in [7, 11) is 0. The van der Waals surface area contributed by atoms with Crippen molar-refractivity contribution in [1.82, 2.24) is 0 Å². The van der Waals surface area contributed by atoms with Crippen molar-refractivity contribution in [2.45, 2.75) is 0 Å². The molecule has 0 atom stereocenters. The van der Waals surface area contributed by atoms with Crippen molar-refractivity contribution in [3.63, 3.8) is 0 Å². The normalized spacial score (nSPS) is 17.5. The second-order valence-electron chi connectivity index (χ2n) is 1.52. The van der Waals surface area contributed by atoms with Crippen molar-refractivity contribution >= 4 is 22.8 Å². The zero-order chi connectivity index (χ0) is 5.98. The minimum Gasteiger partial charge on any atom is -0.301 e. The van der Waals surface area contributed by atoms with Gasteiger partial charge < -0.3 is 5.41 Å². The quantitative estimate of drug-likeness (QED) is 0.485. The lowest BCUT2D eigenvalue weighted by molar-refractivity contribution is 1.53. The van der Waals surface area contributed by atoms with Crippen LogP contribution in [0.4, 0.5) is 0 Å². The zero-order valence-electron chi connectivity index (χ0n) is 4.22. The third kappa shape index (κ3) is 1.10. The molecule has 0 spiro atoms. The van der Waals surface area contributed by atoms with Gasteiger partial charge in [-0.05, 0) is 24.3 Å². The van der Waals surface area contributed by atoms with Crippen molar-refractivity contribution in [1.29, 1.82) is 5.41 Å². The summed E-state index contributed by atoms with van der Waals surface area (Å²) < 4.78 is 0. The Kier molecular flexibility index (Phi) is 1.35. The van der Waals surface area contributed by atoms with E-state index in [0.717, 1.165) is 4.86 Å². The van der Waals surface area contributed by atoms with Gasteiger partial charge in [-0.1, -0.05) is 12.2 Å². The number of hydrogen-bond acceptors (Lipinski definition) is 2. The third-order valence-electron chi connectivity index (χ3n) is 0.854. The first-order valence-corrected chi connectivity index (χ1v) is 2.68. The van der Waals surface area contributed by atoms with E-state index in [4.69, 9.17) is 17.6 Å². The van der Waals surface area contributed by atoms with Crippen molar-refractivity contribution in [2.24, 2.45) is 0 Å². The Morgan fingerprint density at radius 1 is 1.12 bits per heavy atom. The summed E-state index contributed by atoms with van der Waals surface area (Å²) in [6.07, 6.45) is 6.86. The molecule has 0 unspecified atom stereocenters. The second kappa shape index (κ2) is 2.01. The molecule has 1 aliphatic rings. The van der Waals surface area contributed by atoms with E-state index in [-0.39, 0.29) is 0 Å². The van der Waals surface area contributed by atoms with E-state index in [2.05, 4.69) is 0 Å². The van der Waals surface area contributed by atoms with Crippen LogP contribution in [-0.2, 0) is 0 Å². The SMILES string of the molecule is N=C1C=CC(=S)C=C1. The van der Waals surface area contributed by atoms with Crippen LogP contribution in [0.25, 0.3) is 0 Å². The maximum Gasteiger partial charge on any atom is 0.0540 e. The Hall–Kier alpha value is -0.760. The van der Waals surface area contributed by atoms with Gasteiger partial charge in [-0.3, -0.25) is 0 Å². The van der Waals surface area contributed by atoms with Gasteiger partial charge in [0.1, 0.15) is 0 Å². The van der Waals surface area contributed by atoms with Gasteiger partial charge in [0, 0.05) is 4.86 Å². The molecule has 0 aromatic heterocycles. The largest absolute Gasteiger partial charge is 0.301 e. The number of hydrogen-bond donors (Lipinski definition) is 1. The number of nitrogens with one attached hydrogen (secondary N) is 1. The first-order valence-electron chi connectivity index (χ1n) is 2.28. The molecule has 0 saturated carbocycles. The second-order valence-corrected chi connectivity index (χ2v) is 2.00. The Morgan fingerprint density at radius 2 is 1.62 bits per heavy atom. The van der Waals surface area contributed by atoms with E-state index in [1.807, 2.05) is 0 Å². The third-order valence-corrected chi connectivity index (χ3v) is 1.13. The van der Waals surface area contributed by atoms with E-state index in [9.17, 15) is 0 Å². The maximum atomic E-state index is 7.05. The van der Waals surface area contributed by atoms with Gasteiger partial charge in [-0.2, -0.15) is 0 Å². The molecule has 2 heteroatoms. The molecule has 1 nitrogen and oxygen atoms in total. The van der Waals surface area contributed by atoms with E-state index in [0.29, 0.717) is 5.71 Å². The minimum absolute atomic E-state index is 0.513. The minimum atomic E-state index is 0.513. The molecule has 0 bridgehead atoms. The average molecular weight is 123 g/mol. The highest BCUT2D eigenvalue weighted by Crippen LogP contribution is 1.93. The Morgan fingerprint density at radius 3 is 2.00 bits per heavy atom. The highest BCUT2D eigenvalue weighted by Gasteiger charge is 1.91. The van der Waals surface area contributed by atoms with Gasteiger partial charge in [0.25, 0.3) is 0 Å². The van der Waals surface area contributed by atoms with Crippen molar-refractivity contribution in [2.75, 3.05) is 0 Å². The Balaban J connectivity index is 2.83. The molecule has 1 N–H and O–H groups in total. The van der Waals surface area contributed by atoms with Gasteiger partial charge >= 0.3 is 0 Å². The van der Waals surface area contributed by atoms with E-state index >= 15 is 0 Å². The summed E-state index contributed by atoms with van der Waals surface area (Å²) in [4.78, 5) is 0.793. The van der Waals surface area contributed by atoms with E-state index in [1.54, 1.807) is 24.3 Å². The van der Waals surface area contributed by atoms with Crippen LogP contribution in [0.2, 0.25) is 0 Å². The molecule has 0 aliphatic heterocycles. The summed E-state index contributed by atoms with van der Waals surface area (Å²) >= 11 is 4.79. The lowest BCUT2D eigenvalue weighted by atomic mass is 10.2. The first-order chi connectivity index (χ1) is 3.79. The van der Waals surface area contributed by atoms with Crippen LogP contribution in [-0.4, -0.2) is 10.6 Å².